The normalized spacial score (nSPS) is 18.7. The first-order valence-corrected chi connectivity index (χ1v) is 12.8. The number of carbonyl (C=O) groups excluding carboxylic acids is 1. The number of aromatic nitrogens is 1. The number of hydrogen-bond acceptors (Lipinski definition) is 8. The fourth-order valence-corrected chi connectivity index (χ4v) is 4.41. The number of benzene rings is 2. The maximum atomic E-state index is 13.1. The van der Waals surface area contributed by atoms with Gasteiger partial charge in [-0.05, 0) is 63.6 Å². The molecule has 0 bridgehead atoms. The number of carbonyl (C=O) groups is 1. The van der Waals surface area contributed by atoms with Gasteiger partial charge >= 0.3 is 0 Å². The van der Waals surface area contributed by atoms with Crippen molar-refractivity contribution in [1.82, 2.24) is 4.98 Å². The average molecular weight is 541 g/mol. The molecule has 3 aromatic rings. The van der Waals surface area contributed by atoms with E-state index in [-0.39, 0.29) is 31.8 Å². The number of pyridine rings is 1. The Labute approximate surface area is 227 Å². The second-order valence-electron chi connectivity index (χ2n) is 10.2. The number of hydrogen-bond donors (Lipinski definition) is 3. The van der Waals surface area contributed by atoms with E-state index in [1.165, 1.54) is 7.11 Å². The van der Waals surface area contributed by atoms with Crippen LogP contribution in [0.25, 0.3) is 11.3 Å². The molecule has 0 saturated carbocycles. The van der Waals surface area contributed by atoms with Crippen molar-refractivity contribution in [1.29, 1.82) is 0 Å². The van der Waals surface area contributed by atoms with Crippen molar-refractivity contribution < 1.29 is 29.2 Å². The minimum Gasteiger partial charge on any atom is -0.493 e. The molecule has 202 valence electrons. The summed E-state index contributed by atoms with van der Waals surface area (Å²) in [4.78, 5) is 17.8. The molecule has 1 aliphatic rings. The van der Waals surface area contributed by atoms with Crippen LogP contribution in [0.3, 0.4) is 0 Å². The van der Waals surface area contributed by atoms with Crippen molar-refractivity contribution in [2.45, 2.75) is 50.9 Å². The van der Waals surface area contributed by atoms with Gasteiger partial charge in [-0.2, -0.15) is 0 Å². The minimum absolute atomic E-state index is 0.0649. The Morgan fingerprint density at radius 1 is 1.24 bits per heavy atom. The molecule has 0 aliphatic carbocycles. The molecule has 0 spiro atoms. The Morgan fingerprint density at radius 3 is 2.61 bits per heavy atom. The average Bonchev–Trinajstić information content (AvgIpc) is 3.20. The smallest absolute Gasteiger partial charge is 0.163 e. The highest BCUT2D eigenvalue weighted by atomic mass is 35.5. The summed E-state index contributed by atoms with van der Waals surface area (Å²) >= 11 is 6.07. The quantitative estimate of drug-likeness (QED) is 0.318. The Morgan fingerprint density at radius 2 is 1.95 bits per heavy atom. The minimum atomic E-state index is -1.42. The van der Waals surface area contributed by atoms with Gasteiger partial charge in [0.2, 0.25) is 0 Å². The Bertz CT molecular complexity index is 1320. The van der Waals surface area contributed by atoms with Crippen LogP contribution in [0.2, 0.25) is 5.02 Å². The van der Waals surface area contributed by atoms with E-state index in [4.69, 9.17) is 36.5 Å². The Hall–Kier alpha value is -3.17. The van der Waals surface area contributed by atoms with Gasteiger partial charge in [-0.25, -0.2) is 4.98 Å². The van der Waals surface area contributed by atoms with Gasteiger partial charge in [0, 0.05) is 28.1 Å². The van der Waals surface area contributed by atoms with Crippen molar-refractivity contribution in [3.8, 4) is 28.5 Å². The van der Waals surface area contributed by atoms with Crippen molar-refractivity contribution in [3.05, 3.63) is 70.4 Å². The van der Waals surface area contributed by atoms with Gasteiger partial charge in [-0.15, -0.1) is 0 Å². The third-order valence-electron chi connectivity index (χ3n) is 6.58. The lowest BCUT2D eigenvalue weighted by molar-refractivity contribution is 0.0396. The number of rotatable bonds is 10. The van der Waals surface area contributed by atoms with E-state index in [9.17, 15) is 15.0 Å². The zero-order valence-corrected chi connectivity index (χ0v) is 22.7. The van der Waals surface area contributed by atoms with Gasteiger partial charge in [-0.3, -0.25) is 4.79 Å². The van der Waals surface area contributed by atoms with Crippen LogP contribution in [-0.4, -0.2) is 47.4 Å². The van der Waals surface area contributed by atoms with Crippen molar-refractivity contribution in [3.63, 3.8) is 0 Å². The third-order valence-corrected chi connectivity index (χ3v) is 6.83. The highest BCUT2D eigenvalue weighted by Crippen LogP contribution is 2.44. The van der Waals surface area contributed by atoms with Crippen LogP contribution < -0.4 is 19.9 Å². The summed E-state index contributed by atoms with van der Waals surface area (Å²) in [6, 6.07) is 13.8. The number of nitrogens with zero attached hydrogens (tertiary/aromatic N) is 1. The molecule has 1 aliphatic heterocycles. The first kappa shape index (κ1) is 27.9. The molecule has 4 rings (SSSR count). The van der Waals surface area contributed by atoms with Crippen LogP contribution >= 0.6 is 11.6 Å². The lowest BCUT2D eigenvalue weighted by Gasteiger charge is -2.25. The highest BCUT2D eigenvalue weighted by Gasteiger charge is 2.38. The molecule has 2 aromatic carbocycles. The van der Waals surface area contributed by atoms with Gasteiger partial charge in [0.05, 0.1) is 24.4 Å². The van der Waals surface area contributed by atoms with Gasteiger partial charge in [-0.1, -0.05) is 23.7 Å². The molecule has 2 heterocycles. The second kappa shape index (κ2) is 10.9. The molecular weight excluding hydrogens is 508 g/mol. The number of halogens is 1. The van der Waals surface area contributed by atoms with Gasteiger partial charge < -0.3 is 30.2 Å². The summed E-state index contributed by atoms with van der Waals surface area (Å²) in [5.41, 5.74) is 7.24. The summed E-state index contributed by atoms with van der Waals surface area (Å²) in [7, 11) is 1.48. The summed E-state index contributed by atoms with van der Waals surface area (Å²) in [6.07, 6.45) is -0.447. The maximum Gasteiger partial charge on any atom is 0.163 e. The molecule has 0 radical (unpaired) electrons. The number of aliphatic hydroxyl groups excluding tert-OH is 1. The molecule has 0 fully saturated rings. The largest absolute Gasteiger partial charge is 0.493 e. The summed E-state index contributed by atoms with van der Waals surface area (Å²) in [5, 5.41) is 21.5. The lowest BCUT2D eigenvalue weighted by Crippen LogP contribution is -2.35. The van der Waals surface area contributed by atoms with Gasteiger partial charge in [0.25, 0.3) is 0 Å². The van der Waals surface area contributed by atoms with E-state index >= 15 is 0 Å². The van der Waals surface area contributed by atoms with E-state index in [1.54, 1.807) is 50.2 Å². The summed E-state index contributed by atoms with van der Waals surface area (Å²) < 4.78 is 16.8. The number of aliphatic hydroxyl groups is 2. The first-order valence-electron chi connectivity index (χ1n) is 12.4. The van der Waals surface area contributed by atoms with Crippen molar-refractivity contribution >= 4 is 17.4 Å². The Balaban J connectivity index is 1.58. The van der Waals surface area contributed by atoms with E-state index in [1.807, 2.05) is 19.1 Å². The van der Waals surface area contributed by atoms with Crippen molar-refractivity contribution in [2.24, 2.45) is 5.73 Å². The molecule has 4 N–H and O–H groups in total. The van der Waals surface area contributed by atoms with E-state index in [0.717, 1.165) is 11.1 Å². The molecule has 8 nitrogen and oxygen atoms in total. The zero-order valence-electron chi connectivity index (χ0n) is 22.0. The number of ketones is 1. The molecule has 1 aromatic heterocycles. The third kappa shape index (κ3) is 5.94. The number of nitrogens with two attached hydrogens (primary N) is 1. The summed E-state index contributed by atoms with van der Waals surface area (Å²) in [5.74, 6) is 1.23. The second-order valence-corrected chi connectivity index (χ2v) is 10.6. The molecule has 38 heavy (non-hydrogen) atoms. The molecule has 0 saturated heterocycles. The number of Topliss-reactive ketones (excluding diaryl/α,β-unsaturated/α-hetero) is 1. The standard InChI is InChI=1S/C29H33ClN2O6/c1-17(33)15-37-23-10-7-19(13-24(23)36-4)22(34)11-12-29(3,35)25-14-21-27(38-16-28(21,2)31)26(32-25)18-5-8-20(30)9-6-18/h5-10,13-14,17,33,35H,11-12,15-16,31H2,1-4H3/t17-,28?,29?/m1/s1. The first-order chi connectivity index (χ1) is 17.9. The molecular formula is C29H33ClN2O6. The fraction of sp³-hybridized carbons (Fsp3) is 0.379. The topological polar surface area (TPSA) is 124 Å². The van der Waals surface area contributed by atoms with E-state index < -0.39 is 17.2 Å². The number of fused-ring (bicyclic) bond motifs is 1. The molecule has 0 amide bonds. The molecule has 2 unspecified atom stereocenters. The Kier molecular flexibility index (Phi) is 7.99. The van der Waals surface area contributed by atoms with Gasteiger partial charge in [0.15, 0.2) is 23.0 Å². The number of ether oxygens (including phenoxy) is 3. The highest BCUT2D eigenvalue weighted by molar-refractivity contribution is 6.30. The van der Waals surface area contributed by atoms with Crippen LogP contribution in [-0.2, 0) is 11.1 Å². The predicted molar refractivity (Wildman–Crippen MR) is 145 cm³/mol. The van der Waals surface area contributed by atoms with E-state index in [2.05, 4.69) is 0 Å². The van der Waals surface area contributed by atoms with Gasteiger partial charge in [0.1, 0.15) is 24.5 Å². The van der Waals surface area contributed by atoms with Crippen LogP contribution in [0.1, 0.15) is 55.2 Å². The molecule has 9 heteroatoms. The number of methoxy groups -OCH3 is 1. The van der Waals surface area contributed by atoms with Crippen LogP contribution in [0.5, 0.6) is 17.2 Å². The predicted octanol–water partition coefficient (Wildman–Crippen LogP) is 4.61. The lowest BCUT2D eigenvalue weighted by atomic mass is 9.88. The SMILES string of the molecule is COc1cc(C(=O)CCC(C)(O)c2cc3c(c(-c4ccc(Cl)cc4)n2)OCC3(C)N)ccc1OC[C@@H](C)O. The molecule has 3 atom stereocenters. The fourth-order valence-electron chi connectivity index (χ4n) is 4.28. The maximum absolute atomic E-state index is 13.1. The van der Waals surface area contributed by atoms with Crippen LogP contribution in [0.15, 0.2) is 48.5 Å². The van der Waals surface area contributed by atoms with Crippen LogP contribution in [0.4, 0.5) is 0 Å². The zero-order chi connectivity index (χ0) is 27.7. The van der Waals surface area contributed by atoms with Crippen LogP contribution in [0, 0.1) is 0 Å². The summed E-state index contributed by atoms with van der Waals surface area (Å²) in [6.45, 7) is 5.51. The van der Waals surface area contributed by atoms with Crippen molar-refractivity contribution in [2.75, 3.05) is 20.3 Å². The monoisotopic (exact) mass is 540 g/mol. The van der Waals surface area contributed by atoms with E-state index in [0.29, 0.717) is 39.2 Å².